The molecule has 14 heteroatoms. The minimum absolute atomic E-state index is 0. The summed E-state index contributed by atoms with van der Waals surface area (Å²) in [5.74, 6) is 4.42. The summed E-state index contributed by atoms with van der Waals surface area (Å²) in [5.41, 5.74) is 6.34. The maximum atomic E-state index is 12.4. The molecule has 4 aromatic carbocycles. The number of nitrogens with one attached hydrogen (secondary N) is 2. The second-order valence-electron chi connectivity index (χ2n) is 21.4. The first-order chi connectivity index (χ1) is 33.2. The predicted octanol–water partition coefficient (Wildman–Crippen LogP) is 14.1. The van der Waals surface area contributed by atoms with Crippen molar-refractivity contribution >= 4 is 57.3 Å². The molecular formula is C57H78N6O8. The summed E-state index contributed by atoms with van der Waals surface area (Å²) < 4.78 is 37.3. The molecule has 384 valence electrons. The maximum Gasteiger partial charge on any atom is 0.341 e. The Kier molecular flexibility index (Phi) is 16.9. The topological polar surface area (TPSA) is 149 Å². The van der Waals surface area contributed by atoms with E-state index in [0.29, 0.717) is 34.5 Å². The number of carbonyl (C=O) groups excluding carboxylic acids is 2. The molecule has 2 aliphatic carbocycles. The Morgan fingerprint density at radius 1 is 0.577 bits per heavy atom. The van der Waals surface area contributed by atoms with Crippen LogP contribution in [-0.4, -0.2) is 71.7 Å². The maximum absolute atomic E-state index is 12.4. The van der Waals surface area contributed by atoms with E-state index >= 15 is 0 Å². The highest BCUT2D eigenvalue weighted by Gasteiger charge is 2.37. The minimum atomic E-state index is -0.444. The number of rotatable bonds is 14. The first kappa shape index (κ1) is 53.9. The van der Waals surface area contributed by atoms with Gasteiger partial charge in [-0.1, -0.05) is 49.0 Å². The van der Waals surface area contributed by atoms with Crippen LogP contribution >= 0.6 is 0 Å². The van der Waals surface area contributed by atoms with E-state index in [2.05, 4.69) is 61.3 Å². The molecule has 0 radical (unpaired) electrons. The molecule has 2 heterocycles. The number of methoxy groups -OCH3 is 4. The molecule has 6 aromatic rings. The minimum Gasteiger partial charge on any atom is -0.496 e. The average Bonchev–Trinajstić information content (AvgIpc) is 3.83. The lowest BCUT2D eigenvalue weighted by Gasteiger charge is -2.40. The van der Waals surface area contributed by atoms with Gasteiger partial charge >= 0.3 is 11.9 Å². The van der Waals surface area contributed by atoms with Crippen LogP contribution < -0.4 is 29.6 Å². The Morgan fingerprint density at radius 2 is 0.930 bits per heavy atom. The SMILES string of the molecule is C.COC(=O)c1cc2nc(Nc3ccc(OC(C)C)cc3)n([C@@H]3C[C@H](C)CC(C)(C)C3)c2cc1OC.COC(=O)c1cc2nc(Nc3ccc(OC(C)C)cc3)n([C@H]3C[C@@H](C)CC(C)(C)C3)c2cc1OC. The van der Waals surface area contributed by atoms with Crippen LogP contribution in [0, 0.1) is 22.7 Å². The summed E-state index contributed by atoms with van der Waals surface area (Å²) in [6.45, 7) is 22.0. The quantitative estimate of drug-likeness (QED) is 0.100. The van der Waals surface area contributed by atoms with Crippen molar-refractivity contribution in [1.29, 1.82) is 0 Å². The van der Waals surface area contributed by atoms with Crippen LogP contribution in [0.1, 0.15) is 148 Å². The lowest BCUT2D eigenvalue weighted by Crippen LogP contribution is -2.29. The number of anilines is 4. The van der Waals surface area contributed by atoms with Crippen molar-refractivity contribution < 1.29 is 38.0 Å². The molecule has 8 rings (SSSR count). The summed E-state index contributed by atoms with van der Waals surface area (Å²) in [5, 5.41) is 7.04. The summed E-state index contributed by atoms with van der Waals surface area (Å²) in [7, 11) is 5.88. The number of aromatic nitrogens is 4. The average molecular weight is 975 g/mol. The van der Waals surface area contributed by atoms with E-state index in [4.69, 9.17) is 38.4 Å². The third kappa shape index (κ3) is 12.7. The molecular weight excluding hydrogens is 897 g/mol. The fourth-order valence-electron chi connectivity index (χ4n) is 11.1. The van der Waals surface area contributed by atoms with Gasteiger partial charge < -0.3 is 48.2 Å². The number of fused-ring (bicyclic) bond motifs is 2. The zero-order valence-electron chi connectivity index (χ0n) is 43.7. The summed E-state index contributed by atoms with van der Waals surface area (Å²) in [6, 6.07) is 23.7. The van der Waals surface area contributed by atoms with Gasteiger partial charge in [-0.2, -0.15) is 0 Å². The molecule has 0 spiro atoms. The van der Waals surface area contributed by atoms with Crippen LogP contribution in [0.5, 0.6) is 23.0 Å². The molecule has 2 N–H and O–H groups in total. The Labute approximate surface area is 421 Å². The second-order valence-corrected chi connectivity index (χ2v) is 21.4. The molecule has 14 nitrogen and oxygen atoms in total. The van der Waals surface area contributed by atoms with Crippen molar-refractivity contribution in [3.63, 3.8) is 0 Å². The smallest absolute Gasteiger partial charge is 0.341 e. The molecule has 0 bridgehead atoms. The number of imidazole rings is 2. The number of benzene rings is 4. The number of ether oxygens (including phenoxy) is 6. The highest BCUT2D eigenvalue weighted by atomic mass is 16.5. The molecule has 71 heavy (non-hydrogen) atoms. The van der Waals surface area contributed by atoms with Gasteiger partial charge in [-0.3, -0.25) is 0 Å². The highest BCUT2D eigenvalue weighted by Crippen LogP contribution is 2.48. The van der Waals surface area contributed by atoms with Crippen LogP contribution in [-0.2, 0) is 9.47 Å². The van der Waals surface area contributed by atoms with E-state index in [-0.39, 0.29) is 42.5 Å². The van der Waals surface area contributed by atoms with Crippen LogP contribution in [0.15, 0.2) is 72.8 Å². The zero-order valence-corrected chi connectivity index (χ0v) is 43.7. The number of esters is 2. The molecule has 2 aromatic heterocycles. The summed E-state index contributed by atoms with van der Waals surface area (Å²) in [6.07, 6.45) is 6.84. The van der Waals surface area contributed by atoms with E-state index in [1.54, 1.807) is 26.4 Å². The highest BCUT2D eigenvalue weighted by molar-refractivity contribution is 5.98. The largest absolute Gasteiger partial charge is 0.496 e. The van der Waals surface area contributed by atoms with Crippen LogP contribution in [0.25, 0.3) is 22.1 Å². The van der Waals surface area contributed by atoms with Gasteiger partial charge in [0.15, 0.2) is 0 Å². The second kappa shape index (κ2) is 22.3. The third-order valence-electron chi connectivity index (χ3n) is 13.3. The normalized spacial score (nSPS) is 19.3. The molecule has 0 amide bonds. The Morgan fingerprint density at radius 3 is 1.23 bits per heavy atom. The lowest BCUT2D eigenvalue weighted by molar-refractivity contribution is 0.0588. The predicted molar refractivity (Wildman–Crippen MR) is 285 cm³/mol. The fourth-order valence-corrected chi connectivity index (χ4v) is 11.1. The van der Waals surface area contributed by atoms with Crippen molar-refractivity contribution in [1.82, 2.24) is 19.1 Å². The van der Waals surface area contributed by atoms with Crippen LogP contribution in [0.4, 0.5) is 23.3 Å². The van der Waals surface area contributed by atoms with Gasteiger partial charge in [-0.25, -0.2) is 19.6 Å². The molecule has 0 aliphatic heterocycles. The van der Waals surface area contributed by atoms with E-state index in [0.717, 1.165) is 82.5 Å². The molecule has 4 atom stereocenters. The van der Waals surface area contributed by atoms with Gasteiger partial charge in [0.2, 0.25) is 11.9 Å². The Hall–Kier alpha value is -6.44. The van der Waals surface area contributed by atoms with Gasteiger partial charge in [0.25, 0.3) is 0 Å². The van der Waals surface area contributed by atoms with Gasteiger partial charge in [0.05, 0.1) is 62.7 Å². The van der Waals surface area contributed by atoms with Gasteiger partial charge in [-0.05, 0) is 150 Å². The number of hydrogen-bond acceptors (Lipinski definition) is 12. The van der Waals surface area contributed by atoms with E-state index in [1.165, 1.54) is 27.1 Å². The molecule has 2 saturated carbocycles. The van der Waals surface area contributed by atoms with Crippen molar-refractivity contribution in [2.45, 2.75) is 139 Å². The third-order valence-corrected chi connectivity index (χ3v) is 13.3. The van der Waals surface area contributed by atoms with Crippen LogP contribution in [0.2, 0.25) is 0 Å². The van der Waals surface area contributed by atoms with Crippen molar-refractivity contribution in [3.8, 4) is 23.0 Å². The van der Waals surface area contributed by atoms with Crippen LogP contribution in [0.3, 0.4) is 0 Å². The standard InChI is InChI=1S/2C28H37N3O4.CH4/c2*1-17(2)35-21-10-8-19(9-11-21)29-27-30-23-13-22(26(32)34-7)25(33-6)14-24(23)31(27)20-12-18(3)15-28(4,5)16-20;/h2*8-11,13-14,17-18,20H,12,15-16H2,1-7H3,(H,29,30);1H4/t2*18-,20+;/m10./s1. The first-order valence-electron chi connectivity index (χ1n) is 24.6. The monoisotopic (exact) mass is 975 g/mol. The Bertz CT molecular complexity index is 2580. The van der Waals surface area contributed by atoms with Gasteiger partial charge in [0.1, 0.15) is 34.1 Å². The van der Waals surface area contributed by atoms with Gasteiger partial charge in [-0.15, -0.1) is 0 Å². The van der Waals surface area contributed by atoms with E-state index in [9.17, 15) is 9.59 Å². The summed E-state index contributed by atoms with van der Waals surface area (Å²) in [4.78, 5) is 34.7. The van der Waals surface area contributed by atoms with Gasteiger partial charge in [0, 0.05) is 35.6 Å². The zero-order chi connectivity index (χ0) is 50.7. The van der Waals surface area contributed by atoms with E-state index < -0.39 is 11.9 Å². The lowest BCUT2D eigenvalue weighted by atomic mass is 9.70. The molecule has 2 aliphatic rings. The molecule has 2 fully saturated rings. The fraction of sp³-hybridized carbons (Fsp3) is 0.509. The van der Waals surface area contributed by atoms with Crippen molar-refractivity contribution in [2.75, 3.05) is 39.1 Å². The van der Waals surface area contributed by atoms with Crippen molar-refractivity contribution in [2.24, 2.45) is 22.7 Å². The number of hydrogen-bond donors (Lipinski definition) is 2. The molecule has 0 unspecified atom stereocenters. The first-order valence-corrected chi connectivity index (χ1v) is 24.6. The Balaban J connectivity index is 0.000000229. The molecule has 0 saturated heterocycles. The van der Waals surface area contributed by atoms with E-state index in [1.807, 2.05) is 88.4 Å². The number of nitrogens with zero attached hydrogens (tertiary/aromatic N) is 4. The number of carbonyl (C=O) groups is 2. The van der Waals surface area contributed by atoms with Crippen molar-refractivity contribution in [3.05, 3.63) is 83.9 Å². The summed E-state index contributed by atoms with van der Waals surface area (Å²) >= 11 is 0.